The van der Waals surface area contributed by atoms with Crippen LogP contribution in [-0.2, 0) is 14.3 Å². The van der Waals surface area contributed by atoms with Crippen molar-refractivity contribution in [2.75, 3.05) is 6.61 Å². The number of aliphatic carboxylic acids is 2. The number of nitrogens with one attached hydrogen (secondary N) is 1. The molecule has 0 aromatic carbocycles. The molecule has 1 unspecified atom stereocenters. The number of carbonyl (C=O) groups is 3. The Morgan fingerprint density at radius 2 is 1.13 bits per heavy atom. The van der Waals surface area contributed by atoms with Gasteiger partial charge in [-0.15, -0.1) is 0 Å². The fourth-order valence-corrected chi connectivity index (χ4v) is 3.51. The van der Waals surface area contributed by atoms with Crippen molar-refractivity contribution < 1.29 is 29.3 Å². The highest BCUT2D eigenvalue weighted by Crippen LogP contribution is 2.13. The summed E-state index contributed by atoms with van der Waals surface area (Å²) in [5.74, 6) is -2.92. The summed E-state index contributed by atoms with van der Waals surface area (Å²) in [6, 6.07) is -1.39. The summed E-state index contributed by atoms with van der Waals surface area (Å²) in [6.07, 6.45) is 18.5. The largest absolute Gasteiger partial charge is 0.550 e. The number of hydrogen-bond donors (Lipinski definition) is 1. The maximum Gasteiger partial charge on any atom is 0.407 e. The van der Waals surface area contributed by atoms with Crippen LogP contribution in [0.5, 0.6) is 0 Å². The molecule has 0 bridgehead atoms. The van der Waals surface area contributed by atoms with E-state index in [9.17, 15) is 24.6 Å². The molecule has 0 spiro atoms. The van der Waals surface area contributed by atoms with E-state index in [1.54, 1.807) is 0 Å². The number of carboxylic acid groups (broad SMARTS) is 2. The Kier molecular flexibility index (Phi) is 20.2. The summed E-state index contributed by atoms with van der Waals surface area (Å²) < 4.78 is 4.94. The first-order valence-electron chi connectivity index (χ1n) is 12.3. The van der Waals surface area contributed by atoms with Crippen molar-refractivity contribution in [2.45, 2.75) is 129 Å². The molecule has 0 rings (SSSR count). The van der Waals surface area contributed by atoms with Crippen LogP contribution in [0.2, 0.25) is 0 Å². The van der Waals surface area contributed by atoms with Crippen LogP contribution in [0.4, 0.5) is 4.79 Å². The lowest BCUT2D eigenvalue weighted by atomic mass is 10.0. The van der Waals surface area contributed by atoms with Crippen LogP contribution < -0.4 is 15.5 Å². The third-order valence-corrected chi connectivity index (χ3v) is 5.44. The number of unbranched alkanes of at least 4 members (excludes halogenated alkanes) is 15. The molecule has 31 heavy (non-hydrogen) atoms. The third-order valence-electron chi connectivity index (χ3n) is 5.44. The molecule has 0 aromatic heterocycles. The van der Waals surface area contributed by atoms with Crippen LogP contribution >= 0.6 is 0 Å². The highest BCUT2D eigenvalue weighted by Gasteiger charge is 2.14. The van der Waals surface area contributed by atoms with Gasteiger partial charge in [0.05, 0.1) is 18.6 Å². The zero-order valence-corrected chi connectivity index (χ0v) is 19.5. The predicted molar refractivity (Wildman–Crippen MR) is 117 cm³/mol. The van der Waals surface area contributed by atoms with Crippen molar-refractivity contribution in [1.29, 1.82) is 0 Å². The van der Waals surface area contributed by atoms with Gasteiger partial charge in [-0.3, -0.25) is 0 Å². The van der Waals surface area contributed by atoms with Crippen LogP contribution in [0.15, 0.2) is 0 Å². The molecule has 0 fully saturated rings. The molecule has 1 atom stereocenters. The summed E-state index contributed by atoms with van der Waals surface area (Å²) >= 11 is 0. The van der Waals surface area contributed by atoms with Crippen molar-refractivity contribution in [2.24, 2.45) is 0 Å². The number of carboxylic acids is 2. The Balaban J connectivity index is 3.41. The number of rotatable bonds is 22. The summed E-state index contributed by atoms with van der Waals surface area (Å²) in [5, 5.41) is 23.4. The molecule has 7 nitrogen and oxygen atoms in total. The molecule has 1 N–H and O–H groups in total. The first-order valence-corrected chi connectivity index (χ1v) is 12.3. The molecule has 0 saturated carbocycles. The molecule has 1 amide bonds. The van der Waals surface area contributed by atoms with Crippen molar-refractivity contribution >= 4 is 18.0 Å². The maximum atomic E-state index is 11.6. The summed E-state index contributed by atoms with van der Waals surface area (Å²) in [6.45, 7) is 2.46. The zero-order valence-electron chi connectivity index (χ0n) is 19.5. The Morgan fingerprint density at radius 1 is 0.710 bits per heavy atom. The Bertz CT molecular complexity index is 469. The molecular formula is C24H43NO6-2. The quantitative estimate of drug-likeness (QED) is 0.256. The molecule has 0 saturated heterocycles. The van der Waals surface area contributed by atoms with Gasteiger partial charge in [-0.25, -0.2) is 4.79 Å². The summed E-state index contributed by atoms with van der Waals surface area (Å²) in [7, 11) is 0. The smallest absolute Gasteiger partial charge is 0.407 e. The number of ether oxygens (including phenoxy) is 1. The normalized spacial score (nSPS) is 11.8. The van der Waals surface area contributed by atoms with Gasteiger partial charge in [0.25, 0.3) is 0 Å². The van der Waals surface area contributed by atoms with Gasteiger partial charge in [-0.1, -0.05) is 103 Å². The molecular weight excluding hydrogens is 398 g/mol. The number of alkyl carbamates (subject to hydrolysis) is 1. The van der Waals surface area contributed by atoms with Crippen LogP contribution in [-0.4, -0.2) is 30.7 Å². The van der Waals surface area contributed by atoms with Gasteiger partial charge in [0, 0.05) is 5.97 Å². The topological polar surface area (TPSA) is 119 Å². The van der Waals surface area contributed by atoms with E-state index in [1.165, 1.54) is 83.5 Å². The lowest BCUT2D eigenvalue weighted by Gasteiger charge is -2.19. The van der Waals surface area contributed by atoms with Crippen LogP contribution in [0, 0.1) is 0 Å². The minimum atomic E-state index is -1.54. The first-order chi connectivity index (χ1) is 15.0. The Morgan fingerprint density at radius 3 is 1.52 bits per heavy atom. The predicted octanol–water partition coefficient (Wildman–Crippen LogP) is 3.62. The van der Waals surface area contributed by atoms with E-state index in [-0.39, 0.29) is 13.0 Å². The van der Waals surface area contributed by atoms with Gasteiger partial charge in [0.15, 0.2) is 0 Å². The van der Waals surface area contributed by atoms with E-state index >= 15 is 0 Å². The molecule has 0 heterocycles. The standard InChI is InChI=1S/C24H45NO6/c1-2-3-4-5-6-7-8-9-10-11-12-13-14-15-16-17-20-31-24(30)25-21(23(28)29)18-19-22(26)27/h21H,2-20H2,1H3,(H,25,30)(H,26,27)(H,28,29)/p-2. The molecule has 182 valence electrons. The average Bonchev–Trinajstić information content (AvgIpc) is 2.73. The molecule has 0 aliphatic heterocycles. The van der Waals surface area contributed by atoms with Gasteiger partial charge < -0.3 is 29.9 Å². The maximum absolute atomic E-state index is 11.6. The third kappa shape index (κ3) is 21.2. The SMILES string of the molecule is CCCCCCCCCCCCCCCCCCOC(=O)NC(CCC(=O)[O-])C(=O)[O-]. The number of hydrogen-bond acceptors (Lipinski definition) is 6. The zero-order chi connectivity index (χ0) is 23.2. The molecule has 0 radical (unpaired) electrons. The first kappa shape index (κ1) is 29.2. The number of amides is 1. The summed E-state index contributed by atoms with van der Waals surface area (Å²) in [4.78, 5) is 32.9. The second kappa shape index (κ2) is 21.4. The van der Waals surface area contributed by atoms with Crippen molar-refractivity contribution in [1.82, 2.24) is 5.32 Å². The van der Waals surface area contributed by atoms with Crippen LogP contribution in [0.3, 0.4) is 0 Å². The van der Waals surface area contributed by atoms with Gasteiger partial charge in [-0.2, -0.15) is 0 Å². The lowest BCUT2D eigenvalue weighted by Crippen LogP contribution is -2.48. The second-order valence-electron chi connectivity index (χ2n) is 8.37. The molecule has 7 heteroatoms. The lowest BCUT2D eigenvalue weighted by molar-refractivity contribution is -0.310. The van der Waals surface area contributed by atoms with E-state index in [0.29, 0.717) is 0 Å². The Hall–Kier alpha value is -1.79. The average molecular weight is 442 g/mol. The fourth-order valence-electron chi connectivity index (χ4n) is 3.51. The van der Waals surface area contributed by atoms with Crippen molar-refractivity contribution in [3.63, 3.8) is 0 Å². The van der Waals surface area contributed by atoms with Crippen molar-refractivity contribution in [3.8, 4) is 0 Å². The van der Waals surface area contributed by atoms with Crippen LogP contribution in [0.25, 0.3) is 0 Å². The minimum Gasteiger partial charge on any atom is -0.550 e. The second-order valence-corrected chi connectivity index (χ2v) is 8.37. The van der Waals surface area contributed by atoms with E-state index in [4.69, 9.17) is 4.74 Å². The van der Waals surface area contributed by atoms with E-state index in [1.807, 2.05) is 0 Å². The minimum absolute atomic E-state index is 0.213. The molecule has 0 aromatic rings. The fraction of sp³-hybridized carbons (Fsp3) is 0.875. The number of carbonyl (C=O) groups excluding carboxylic acids is 3. The van der Waals surface area contributed by atoms with Crippen LogP contribution in [0.1, 0.15) is 122 Å². The van der Waals surface area contributed by atoms with E-state index < -0.39 is 30.5 Å². The van der Waals surface area contributed by atoms with Gasteiger partial charge in [0.2, 0.25) is 0 Å². The van der Waals surface area contributed by atoms with Gasteiger partial charge in [-0.05, 0) is 19.3 Å². The molecule has 0 aliphatic rings. The van der Waals surface area contributed by atoms with Gasteiger partial charge in [0.1, 0.15) is 0 Å². The van der Waals surface area contributed by atoms with E-state index in [2.05, 4.69) is 12.2 Å². The Labute approximate surface area is 188 Å². The molecule has 0 aliphatic carbocycles. The monoisotopic (exact) mass is 441 g/mol. The van der Waals surface area contributed by atoms with Crippen molar-refractivity contribution in [3.05, 3.63) is 0 Å². The van der Waals surface area contributed by atoms with E-state index in [0.717, 1.165) is 19.3 Å². The highest BCUT2D eigenvalue weighted by molar-refractivity contribution is 5.79. The summed E-state index contributed by atoms with van der Waals surface area (Å²) in [5.41, 5.74) is 0. The highest BCUT2D eigenvalue weighted by atomic mass is 16.5. The van der Waals surface area contributed by atoms with Gasteiger partial charge >= 0.3 is 6.09 Å².